The molecule has 2 amide bonds. The Kier molecular flexibility index (Phi) is 8.95. The molecule has 4 rings (SSSR count). The molecule has 0 spiro atoms. The maximum atomic E-state index is 14.6. The first-order valence-corrected chi connectivity index (χ1v) is 12.6. The van der Waals surface area contributed by atoms with Gasteiger partial charge in [0.25, 0.3) is 5.91 Å². The maximum Gasteiger partial charge on any atom is 0.261 e. The summed E-state index contributed by atoms with van der Waals surface area (Å²) < 4.78 is 20.4. The molecule has 1 fully saturated rings. The summed E-state index contributed by atoms with van der Waals surface area (Å²) in [5.41, 5.74) is 1.24. The van der Waals surface area contributed by atoms with Gasteiger partial charge in [0.15, 0.2) is 6.61 Å². The summed E-state index contributed by atoms with van der Waals surface area (Å²) in [4.78, 5) is 28.6. The fourth-order valence-corrected chi connectivity index (χ4v) is 4.70. The lowest BCUT2D eigenvalue weighted by Crippen LogP contribution is -2.53. The van der Waals surface area contributed by atoms with Gasteiger partial charge in [0.05, 0.1) is 0 Å². The van der Waals surface area contributed by atoms with E-state index >= 15 is 0 Å². The van der Waals surface area contributed by atoms with Crippen LogP contribution in [0.25, 0.3) is 0 Å². The maximum absolute atomic E-state index is 14.6. The average molecular weight is 509 g/mol. The van der Waals surface area contributed by atoms with Crippen molar-refractivity contribution in [3.63, 3.8) is 0 Å². The molecular formula is C29H30ClFN2O3. The Hall–Kier alpha value is -3.38. The van der Waals surface area contributed by atoms with Gasteiger partial charge in [0.1, 0.15) is 17.6 Å². The topological polar surface area (TPSA) is 58.6 Å². The molecule has 0 radical (unpaired) electrons. The molecule has 1 unspecified atom stereocenters. The van der Waals surface area contributed by atoms with E-state index in [-0.39, 0.29) is 25.1 Å². The minimum absolute atomic E-state index is 0.0556. The molecule has 1 N–H and O–H groups in total. The van der Waals surface area contributed by atoms with Crippen molar-refractivity contribution in [3.8, 4) is 5.75 Å². The van der Waals surface area contributed by atoms with Gasteiger partial charge < -0.3 is 15.0 Å². The van der Waals surface area contributed by atoms with Gasteiger partial charge in [-0.1, -0.05) is 79.0 Å². The highest BCUT2D eigenvalue weighted by Gasteiger charge is 2.32. The van der Waals surface area contributed by atoms with E-state index in [0.717, 1.165) is 31.2 Å². The van der Waals surface area contributed by atoms with E-state index in [1.165, 1.54) is 11.0 Å². The molecule has 1 saturated carbocycles. The number of benzene rings is 3. The van der Waals surface area contributed by atoms with Crippen LogP contribution in [0.3, 0.4) is 0 Å². The Labute approximate surface area is 216 Å². The smallest absolute Gasteiger partial charge is 0.261 e. The largest absolute Gasteiger partial charge is 0.484 e. The molecule has 1 aliphatic rings. The van der Waals surface area contributed by atoms with Crippen LogP contribution >= 0.6 is 11.6 Å². The second-order valence-corrected chi connectivity index (χ2v) is 9.49. The van der Waals surface area contributed by atoms with E-state index in [2.05, 4.69) is 5.32 Å². The molecule has 7 heteroatoms. The van der Waals surface area contributed by atoms with Gasteiger partial charge in [-0.05, 0) is 42.7 Å². The molecule has 0 heterocycles. The summed E-state index contributed by atoms with van der Waals surface area (Å²) in [7, 11) is 0. The Morgan fingerprint density at radius 1 is 1.00 bits per heavy atom. The van der Waals surface area contributed by atoms with Crippen molar-refractivity contribution in [3.05, 3.63) is 101 Å². The first kappa shape index (κ1) is 25.7. The van der Waals surface area contributed by atoms with Gasteiger partial charge in [0.2, 0.25) is 5.91 Å². The van der Waals surface area contributed by atoms with Crippen molar-refractivity contribution in [2.75, 3.05) is 6.61 Å². The molecule has 0 aromatic heterocycles. The summed E-state index contributed by atoms with van der Waals surface area (Å²) in [5, 5.41) is 3.62. The molecule has 3 aromatic rings. The van der Waals surface area contributed by atoms with Crippen LogP contribution in [0.4, 0.5) is 4.39 Å². The van der Waals surface area contributed by atoms with Crippen LogP contribution in [-0.2, 0) is 22.6 Å². The number of nitrogens with one attached hydrogen (secondary N) is 1. The van der Waals surface area contributed by atoms with Crippen molar-refractivity contribution in [2.24, 2.45) is 0 Å². The lowest BCUT2D eigenvalue weighted by Gasteiger charge is -2.32. The Morgan fingerprint density at radius 2 is 1.72 bits per heavy atom. The summed E-state index contributed by atoms with van der Waals surface area (Å²) >= 11 is 6.04. The number of ether oxygens (including phenoxy) is 1. The zero-order valence-corrected chi connectivity index (χ0v) is 20.8. The molecular weight excluding hydrogens is 479 g/mol. The first-order valence-electron chi connectivity index (χ1n) is 12.2. The Morgan fingerprint density at radius 3 is 2.44 bits per heavy atom. The zero-order valence-electron chi connectivity index (χ0n) is 20.0. The normalized spacial score (nSPS) is 14.3. The standard InChI is InChI=1S/C29H30ClFN2O3/c30-23-12-8-15-25(18-23)36-20-28(34)33(19-22-11-4-7-16-26(22)31)27(17-21-9-2-1-3-10-21)29(35)32-24-13-5-6-14-24/h1-4,7-12,15-16,18,24,27H,5-6,13-14,17,19-20H2,(H,32,35). The molecule has 3 aromatic carbocycles. The summed E-state index contributed by atoms with van der Waals surface area (Å²) in [6.45, 7) is -0.364. The third kappa shape index (κ3) is 7.08. The fourth-order valence-electron chi connectivity index (χ4n) is 4.52. The van der Waals surface area contributed by atoms with E-state index < -0.39 is 17.8 Å². The lowest BCUT2D eigenvalue weighted by atomic mass is 10.0. The Bertz CT molecular complexity index is 1170. The zero-order chi connectivity index (χ0) is 25.3. The van der Waals surface area contributed by atoms with Crippen LogP contribution in [0, 0.1) is 5.82 Å². The van der Waals surface area contributed by atoms with Crippen LogP contribution in [0.2, 0.25) is 5.02 Å². The average Bonchev–Trinajstić information content (AvgIpc) is 3.39. The van der Waals surface area contributed by atoms with Crippen LogP contribution in [0.1, 0.15) is 36.8 Å². The molecule has 1 atom stereocenters. The molecule has 36 heavy (non-hydrogen) atoms. The highest BCUT2D eigenvalue weighted by atomic mass is 35.5. The predicted molar refractivity (Wildman–Crippen MR) is 138 cm³/mol. The molecule has 0 bridgehead atoms. The van der Waals surface area contributed by atoms with Crippen molar-refractivity contribution < 1.29 is 18.7 Å². The monoisotopic (exact) mass is 508 g/mol. The highest BCUT2D eigenvalue weighted by molar-refractivity contribution is 6.30. The number of nitrogens with zero attached hydrogens (tertiary/aromatic N) is 1. The summed E-state index contributed by atoms with van der Waals surface area (Å²) in [6, 6.07) is 21.8. The number of hydrogen-bond donors (Lipinski definition) is 1. The van der Waals surface area contributed by atoms with Gasteiger partial charge in [-0.3, -0.25) is 9.59 Å². The molecule has 188 valence electrons. The number of halogens is 2. The van der Waals surface area contributed by atoms with Crippen molar-refractivity contribution in [1.82, 2.24) is 10.2 Å². The van der Waals surface area contributed by atoms with E-state index in [4.69, 9.17) is 16.3 Å². The van der Waals surface area contributed by atoms with E-state index in [1.54, 1.807) is 42.5 Å². The third-order valence-electron chi connectivity index (χ3n) is 6.43. The van der Waals surface area contributed by atoms with Gasteiger partial charge in [-0.2, -0.15) is 0 Å². The SMILES string of the molecule is O=C(NC1CCCC1)C(Cc1ccccc1)N(Cc1ccccc1F)C(=O)COc1cccc(Cl)c1. The second-order valence-electron chi connectivity index (χ2n) is 9.05. The fraction of sp³-hybridized carbons (Fsp3) is 0.310. The predicted octanol–water partition coefficient (Wildman–Crippen LogP) is 5.56. The van der Waals surface area contributed by atoms with Crippen LogP contribution in [-0.4, -0.2) is 35.4 Å². The molecule has 0 saturated heterocycles. The van der Waals surface area contributed by atoms with Crippen molar-refractivity contribution in [1.29, 1.82) is 0 Å². The second kappa shape index (κ2) is 12.5. The quantitative estimate of drug-likeness (QED) is 0.390. The van der Waals surface area contributed by atoms with E-state index in [9.17, 15) is 14.0 Å². The van der Waals surface area contributed by atoms with Gasteiger partial charge in [-0.15, -0.1) is 0 Å². The minimum atomic E-state index is -0.830. The highest BCUT2D eigenvalue weighted by Crippen LogP contribution is 2.21. The first-order chi connectivity index (χ1) is 17.5. The van der Waals surface area contributed by atoms with Crippen LogP contribution < -0.4 is 10.1 Å². The Balaban J connectivity index is 1.62. The molecule has 0 aliphatic heterocycles. The van der Waals surface area contributed by atoms with Crippen LogP contribution in [0.15, 0.2) is 78.9 Å². The van der Waals surface area contributed by atoms with E-state index in [0.29, 0.717) is 22.8 Å². The van der Waals surface area contributed by atoms with Gasteiger partial charge >= 0.3 is 0 Å². The molecule has 5 nitrogen and oxygen atoms in total. The minimum Gasteiger partial charge on any atom is -0.484 e. The van der Waals surface area contributed by atoms with Gasteiger partial charge in [0, 0.05) is 29.6 Å². The number of rotatable bonds is 10. The number of carbonyl (C=O) groups excluding carboxylic acids is 2. The summed E-state index contributed by atoms with van der Waals surface area (Å²) in [6.07, 6.45) is 4.28. The van der Waals surface area contributed by atoms with Gasteiger partial charge in [-0.25, -0.2) is 4.39 Å². The van der Waals surface area contributed by atoms with Crippen molar-refractivity contribution in [2.45, 2.75) is 50.7 Å². The number of hydrogen-bond acceptors (Lipinski definition) is 3. The molecule has 1 aliphatic carbocycles. The number of carbonyl (C=O) groups is 2. The third-order valence-corrected chi connectivity index (χ3v) is 6.66. The van der Waals surface area contributed by atoms with Crippen LogP contribution in [0.5, 0.6) is 5.75 Å². The van der Waals surface area contributed by atoms with Crippen molar-refractivity contribution >= 4 is 23.4 Å². The van der Waals surface area contributed by atoms with E-state index in [1.807, 2.05) is 30.3 Å². The number of amides is 2. The lowest BCUT2D eigenvalue weighted by molar-refractivity contribution is -0.143. The summed E-state index contributed by atoms with van der Waals surface area (Å²) in [5.74, 6) is -0.642.